The molecule has 2 nitrogen and oxygen atoms in total. The summed E-state index contributed by atoms with van der Waals surface area (Å²) in [6, 6.07) is 0.0537. The van der Waals surface area contributed by atoms with Gasteiger partial charge in [0.15, 0.2) is 0 Å². The lowest BCUT2D eigenvalue weighted by molar-refractivity contribution is -0.119. The van der Waals surface area contributed by atoms with Crippen LogP contribution in [0.1, 0.15) is 13.8 Å². The Labute approximate surface area is 67.7 Å². The summed E-state index contributed by atoms with van der Waals surface area (Å²) in [5, 5.41) is 3.19. The van der Waals surface area contributed by atoms with Gasteiger partial charge in [-0.25, -0.2) is 0 Å². The molecule has 1 saturated heterocycles. The molecule has 0 aromatic rings. The third-order valence-corrected chi connectivity index (χ3v) is 2.52. The maximum Gasteiger partial charge on any atom is 0.146 e. The maximum atomic E-state index is 11.0. The SMILES string of the molecule is C=CC1CNC(C(C)=O)C1C. The molecule has 1 rings (SSSR count). The molecule has 0 bridgehead atoms. The predicted molar refractivity (Wildman–Crippen MR) is 45.3 cm³/mol. The van der Waals surface area contributed by atoms with E-state index in [9.17, 15) is 4.79 Å². The van der Waals surface area contributed by atoms with Crippen LogP contribution in [0.25, 0.3) is 0 Å². The second-order valence-electron chi connectivity index (χ2n) is 3.26. The molecule has 1 N–H and O–H groups in total. The average molecular weight is 153 g/mol. The van der Waals surface area contributed by atoms with Gasteiger partial charge in [-0.05, 0) is 18.8 Å². The van der Waals surface area contributed by atoms with Gasteiger partial charge in [-0.15, -0.1) is 6.58 Å². The second kappa shape index (κ2) is 3.18. The molecule has 0 aromatic heterocycles. The van der Waals surface area contributed by atoms with E-state index in [0.717, 1.165) is 6.54 Å². The Morgan fingerprint density at radius 2 is 2.36 bits per heavy atom. The minimum atomic E-state index is 0.0537. The summed E-state index contributed by atoms with van der Waals surface area (Å²) < 4.78 is 0. The van der Waals surface area contributed by atoms with Crippen molar-refractivity contribution >= 4 is 5.78 Å². The van der Waals surface area contributed by atoms with Gasteiger partial charge in [-0.3, -0.25) is 4.79 Å². The molecule has 0 amide bonds. The lowest BCUT2D eigenvalue weighted by Gasteiger charge is -2.13. The summed E-state index contributed by atoms with van der Waals surface area (Å²) >= 11 is 0. The highest BCUT2D eigenvalue weighted by Gasteiger charge is 2.32. The van der Waals surface area contributed by atoms with Gasteiger partial charge >= 0.3 is 0 Å². The molecule has 1 aliphatic heterocycles. The monoisotopic (exact) mass is 153 g/mol. The molecule has 3 atom stereocenters. The predicted octanol–water partition coefficient (Wildman–Crippen LogP) is 0.986. The van der Waals surface area contributed by atoms with Gasteiger partial charge in [0.1, 0.15) is 5.78 Å². The second-order valence-corrected chi connectivity index (χ2v) is 3.26. The molecule has 1 aliphatic rings. The summed E-state index contributed by atoms with van der Waals surface area (Å²) in [6.07, 6.45) is 1.93. The molecular formula is C9H15NO. The Bertz CT molecular complexity index is 176. The smallest absolute Gasteiger partial charge is 0.146 e. The third kappa shape index (κ3) is 1.51. The molecule has 1 fully saturated rings. The number of hydrogen-bond acceptors (Lipinski definition) is 2. The number of rotatable bonds is 2. The summed E-state index contributed by atoms with van der Waals surface area (Å²) in [5.41, 5.74) is 0. The number of ketones is 1. The molecule has 0 aliphatic carbocycles. The zero-order valence-electron chi connectivity index (χ0n) is 7.13. The van der Waals surface area contributed by atoms with E-state index in [1.54, 1.807) is 6.92 Å². The molecule has 0 saturated carbocycles. The van der Waals surface area contributed by atoms with Crippen LogP contribution in [0.3, 0.4) is 0 Å². The van der Waals surface area contributed by atoms with Crippen LogP contribution in [0.15, 0.2) is 12.7 Å². The van der Waals surface area contributed by atoms with E-state index >= 15 is 0 Å². The summed E-state index contributed by atoms with van der Waals surface area (Å²) in [7, 11) is 0. The van der Waals surface area contributed by atoms with E-state index in [1.165, 1.54) is 0 Å². The molecule has 2 heteroatoms. The van der Waals surface area contributed by atoms with Crippen molar-refractivity contribution in [3.05, 3.63) is 12.7 Å². The zero-order valence-corrected chi connectivity index (χ0v) is 7.13. The maximum absolute atomic E-state index is 11.0. The van der Waals surface area contributed by atoms with Crippen LogP contribution in [-0.4, -0.2) is 18.4 Å². The fraction of sp³-hybridized carbons (Fsp3) is 0.667. The Balaban J connectivity index is 2.62. The van der Waals surface area contributed by atoms with E-state index in [4.69, 9.17) is 0 Å². The average Bonchev–Trinajstić information content (AvgIpc) is 2.30. The normalized spacial score (nSPS) is 37.1. The van der Waals surface area contributed by atoms with Crippen LogP contribution in [0.4, 0.5) is 0 Å². The first-order chi connectivity index (χ1) is 5.16. The van der Waals surface area contributed by atoms with Crippen LogP contribution < -0.4 is 5.32 Å². The largest absolute Gasteiger partial charge is 0.307 e. The molecule has 62 valence electrons. The lowest BCUT2D eigenvalue weighted by atomic mass is 9.91. The molecule has 3 unspecified atom stereocenters. The van der Waals surface area contributed by atoms with Gasteiger partial charge in [-0.1, -0.05) is 13.0 Å². The van der Waals surface area contributed by atoms with Crippen LogP contribution >= 0.6 is 0 Å². The van der Waals surface area contributed by atoms with Crippen LogP contribution in [0.5, 0.6) is 0 Å². The minimum Gasteiger partial charge on any atom is -0.307 e. The first-order valence-electron chi connectivity index (χ1n) is 4.03. The van der Waals surface area contributed by atoms with Crippen molar-refractivity contribution in [1.29, 1.82) is 0 Å². The molecule has 11 heavy (non-hydrogen) atoms. The van der Waals surface area contributed by atoms with Gasteiger partial charge in [0, 0.05) is 6.54 Å². The lowest BCUT2D eigenvalue weighted by Crippen LogP contribution is -2.32. The van der Waals surface area contributed by atoms with E-state index in [0.29, 0.717) is 11.8 Å². The molecule has 0 spiro atoms. The number of Topliss-reactive ketones (excluding diaryl/α,β-unsaturated/α-hetero) is 1. The fourth-order valence-electron chi connectivity index (χ4n) is 1.69. The van der Waals surface area contributed by atoms with Crippen LogP contribution in [0, 0.1) is 11.8 Å². The van der Waals surface area contributed by atoms with Crippen molar-refractivity contribution in [2.45, 2.75) is 19.9 Å². The number of carbonyl (C=O) groups is 1. The van der Waals surface area contributed by atoms with Crippen LogP contribution in [0.2, 0.25) is 0 Å². The van der Waals surface area contributed by atoms with Crippen LogP contribution in [-0.2, 0) is 4.79 Å². The minimum absolute atomic E-state index is 0.0537. The molecule has 1 heterocycles. The Morgan fingerprint density at radius 3 is 2.64 bits per heavy atom. The highest BCUT2D eigenvalue weighted by atomic mass is 16.1. The Morgan fingerprint density at radius 1 is 1.73 bits per heavy atom. The zero-order chi connectivity index (χ0) is 8.43. The summed E-state index contributed by atoms with van der Waals surface area (Å²) in [5.74, 6) is 1.11. The number of nitrogens with one attached hydrogen (secondary N) is 1. The number of hydrogen-bond donors (Lipinski definition) is 1. The van der Waals surface area contributed by atoms with Gasteiger partial charge in [0.2, 0.25) is 0 Å². The molecule has 0 radical (unpaired) electrons. The van der Waals surface area contributed by atoms with Crippen molar-refractivity contribution in [2.24, 2.45) is 11.8 Å². The Kier molecular flexibility index (Phi) is 2.45. The molecular weight excluding hydrogens is 138 g/mol. The first kappa shape index (κ1) is 8.47. The van der Waals surface area contributed by atoms with E-state index in [1.807, 2.05) is 6.08 Å². The van der Waals surface area contributed by atoms with E-state index in [-0.39, 0.29) is 11.8 Å². The van der Waals surface area contributed by atoms with Crippen molar-refractivity contribution in [2.75, 3.05) is 6.54 Å². The fourth-order valence-corrected chi connectivity index (χ4v) is 1.69. The van der Waals surface area contributed by atoms with Crippen molar-refractivity contribution in [1.82, 2.24) is 5.32 Å². The summed E-state index contributed by atoms with van der Waals surface area (Å²) in [4.78, 5) is 11.0. The standard InChI is InChI=1S/C9H15NO/c1-4-8-5-10-9(6(8)2)7(3)11/h4,6,8-10H,1,5H2,2-3H3. The van der Waals surface area contributed by atoms with Gasteiger partial charge < -0.3 is 5.32 Å². The Hall–Kier alpha value is -0.630. The van der Waals surface area contributed by atoms with E-state index in [2.05, 4.69) is 18.8 Å². The van der Waals surface area contributed by atoms with Crippen molar-refractivity contribution in [3.8, 4) is 0 Å². The highest BCUT2D eigenvalue weighted by Crippen LogP contribution is 2.22. The highest BCUT2D eigenvalue weighted by molar-refractivity contribution is 5.82. The topological polar surface area (TPSA) is 29.1 Å². The first-order valence-corrected chi connectivity index (χ1v) is 4.03. The van der Waals surface area contributed by atoms with E-state index < -0.39 is 0 Å². The number of carbonyl (C=O) groups excluding carboxylic acids is 1. The van der Waals surface area contributed by atoms with Crippen molar-refractivity contribution < 1.29 is 4.79 Å². The quantitative estimate of drug-likeness (QED) is 0.599. The van der Waals surface area contributed by atoms with Crippen molar-refractivity contribution in [3.63, 3.8) is 0 Å². The third-order valence-electron chi connectivity index (χ3n) is 2.52. The van der Waals surface area contributed by atoms with Gasteiger partial charge in [0.25, 0.3) is 0 Å². The van der Waals surface area contributed by atoms with Gasteiger partial charge in [0.05, 0.1) is 6.04 Å². The summed E-state index contributed by atoms with van der Waals surface area (Å²) in [6.45, 7) is 8.37. The van der Waals surface area contributed by atoms with Gasteiger partial charge in [-0.2, -0.15) is 0 Å². The molecule has 0 aromatic carbocycles.